The van der Waals surface area contributed by atoms with Crippen LogP contribution in [0.25, 0.3) is 0 Å². The summed E-state index contributed by atoms with van der Waals surface area (Å²) in [5, 5.41) is 10.0. The van der Waals surface area contributed by atoms with Crippen LogP contribution in [0.4, 0.5) is 0 Å². The molecule has 0 aliphatic carbocycles. The molecule has 0 bridgehead atoms. The van der Waals surface area contributed by atoms with E-state index in [0.717, 1.165) is 16.9 Å². The first-order valence-corrected chi connectivity index (χ1v) is 6.59. The van der Waals surface area contributed by atoms with Crippen molar-refractivity contribution in [2.24, 2.45) is 0 Å². The number of rotatable bonds is 5. The van der Waals surface area contributed by atoms with E-state index in [9.17, 15) is 9.90 Å². The van der Waals surface area contributed by atoms with Crippen molar-refractivity contribution in [2.45, 2.75) is 12.3 Å². The van der Waals surface area contributed by atoms with Crippen LogP contribution in [-0.2, 0) is 11.2 Å². The number of ether oxygens (including phenoxy) is 1. The summed E-state index contributed by atoms with van der Waals surface area (Å²) < 4.78 is 5.15. The molecule has 0 aliphatic rings. The summed E-state index contributed by atoms with van der Waals surface area (Å²) in [5.74, 6) is -0.725. The second kappa shape index (κ2) is 6.44. The fourth-order valence-electron chi connectivity index (χ4n) is 2.08. The number of carboxylic acids is 1. The fourth-order valence-corrected chi connectivity index (χ4v) is 2.20. The molecule has 0 radical (unpaired) electrons. The van der Waals surface area contributed by atoms with Crippen LogP contribution in [0.15, 0.2) is 48.5 Å². The highest BCUT2D eigenvalue weighted by Gasteiger charge is 2.20. The van der Waals surface area contributed by atoms with Gasteiger partial charge in [-0.15, -0.1) is 0 Å². The number of benzene rings is 2. The van der Waals surface area contributed by atoms with Gasteiger partial charge in [0.15, 0.2) is 0 Å². The molecule has 2 rings (SSSR count). The van der Waals surface area contributed by atoms with Crippen LogP contribution in [0, 0.1) is 0 Å². The standard InChI is InChI=1S/C16H15ClO3/c1-20-14-4-2-3-11(9-14)10-15(16(18)19)12-5-7-13(17)8-6-12/h2-9,15H,10H2,1H3,(H,18,19). The first-order chi connectivity index (χ1) is 9.60. The van der Waals surface area contributed by atoms with E-state index in [-0.39, 0.29) is 0 Å². The van der Waals surface area contributed by atoms with E-state index in [1.165, 1.54) is 0 Å². The van der Waals surface area contributed by atoms with Crippen molar-refractivity contribution in [2.75, 3.05) is 7.11 Å². The SMILES string of the molecule is COc1cccc(CC(C(=O)O)c2ccc(Cl)cc2)c1. The molecule has 2 aromatic carbocycles. The van der Waals surface area contributed by atoms with Gasteiger partial charge in [-0.2, -0.15) is 0 Å². The van der Waals surface area contributed by atoms with Crippen LogP contribution in [0.5, 0.6) is 5.75 Å². The normalized spacial score (nSPS) is 11.9. The number of methoxy groups -OCH3 is 1. The number of aliphatic carboxylic acids is 1. The second-order valence-electron chi connectivity index (χ2n) is 4.50. The Kier molecular flexibility index (Phi) is 4.64. The molecule has 20 heavy (non-hydrogen) atoms. The zero-order valence-corrected chi connectivity index (χ0v) is 11.8. The Morgan fingerprint density at radius 1 is 1.25 bits per heavy atom. The molecule has 0 fully saturated rings. The lowest BCUT2D eigenvalue weighted by atomic mass is 9.92. The second-order valence-corrected chi connectivity index (χ2v) is 4.93. The van der Waals surface area contributed by atoms with Crippen LogP contribution >= 0.6 is 11.6 Å². The number of hydrogen-bond donors (Lipinski definition) is 1. The van der Waals surface area contributed by atoms with Crippen molar-refractivity contribution in [3.05, 3.63) is 64.7 Å². The van der Waals surface area contributed by atoms with Gasteiger partial charge < -0.3 is 9.84 Å². The molecular weight excluding hydrogens is 276 g/mol. The molecule has 1 N–H and O–H groups in total. The third-order valence-electron chi connectivity index (χ3n) is 3.14. The third-order valence-corrected chi connectivity index (χ3v) is 3.40. The Bertz CT molecular complexity index is 593. The number of hydrogen-bond acceptors (Lipinski definition) is 2. The van der Waals surface area contributed by atoms with E-state index in [4.69, 9.17) is 16.3 Å². The monoisotopic (exact) mass is 290 g/mol. The topological polar surface area (TPSA) is 46.5 Å². The van der Waals surface area contributed by atoms with Crippen molar-refractivity contribution < 1.29 is 14.6 Å². The van der Waals surface area contributed by atoms with E-state index in [1.807, 2.05) is 24.3 Å². The van der Waals surface area contributed by atoms with E-state index in [1.54, 1.807) is 31.4 Å². The van der Waals surface area contributed by atoms with E-state index < -0.39 is 11.9 Å². The van der Waals surface area contributed by atoms with Gasteiger partial charge in [-0.25, -0.2) is 0 Å². The number of halogens is 1. The maximum absolute atomic E-state index is 11.5. The summed E-state index contributed by atoms with van der Waals surface area (Å²) >= 11 is 5.83. The van der Waals surface area contributed by atoms with Crippen LogP contribution < -0.4 is 4.74 Å². The van der Waals surface area contributed by atoms with Crippen molar-refractivity contribution in [1.82, 2.24) is 0 Å². The van der Waals surface area contributed by atoms with Crippen LogP contribution in [0.3, 0.4) is 0 Å². The molecule has 0 aliphatic heterocycles. The molecule has 1 unspecified atom stereocenters. The van der Waals surface area contributed by atoms with Crippen molar-refractivity contribution in [1.29, 1.82) is 0 Å². The molecule has 3 nitrogen and oxygen atoms in total. The van der Waals surface area contributed by atoms with Gasteiger partial charge in [-0.3, -0.25) is 4.79 Å². The van der Waals surface area contributed by atoms with E-state index in [0.29, 0.717) is 11.4 Å². The third kappa shape index (κ3) is 3.52. The molecule has 0 aromatic heterocycles. The molecule has 104 valence electrons. The smallest absolute Gasteiger partial charge is 0.311 e. The Morgan fingerprint density at radius 2 is 1.95 bits per heavy atom. The van der Waals surface area contributed by atoms with Gasteiger partial charge in [-0.05, 0) is 41.8 Å². The zero-order valence-electron chi connectivity index (χ0n) is 11.0. The summed E-state index contributed by atoms with van der Waals surface area (Å²) in [5.41, 5.74) is 1.66. The van der Waals surface area contributed by atoms with Gasteiger partial charge in [0.05, 0.1) is 13.0 Å². The molecule has 1 atom stereocenters. The van der Waals surface area contributed by atoms with Gasteiger partial charge in [0.2, 0.25) is 0 Å². The summed E-state index contributed by atoms with van der Waals surface area (Å²) in [4.78, 5) is 11.5. The fraction of sp³-hybridized carbons (Fsp3) is 0.188. The van der Waals surface area contributed by atoms with Crippen molar-refractivity contribution in [3.63, 3.8) is 0 Å². The zero-order chi connectivity index (χ0) is 14.5. The molecule has 2 aromatic rings. The van der Waals surface area contributed by atoms with Gasteiger partial charge in [0, 0.05) is 5.02 Å². The van der Waals surface area contributed by atoms with Crippen LogP contribution in [-0.4, -0.2) is 18.2 Å². The summed E-state index contributed by atoms with van der Waals surface area (Å²) in [6.45, 7) is 0. The lowest BCUT2D eigenvalue weighted by Crippen LogP contribution is -2.14. The Hall–Kier alpha value is -2.00. The highest BCUT2D eigenvalue weighted by molar-refractivity contribution is 6.30. The molecule has 0 saturated heterocycles. The maximum Gasteiger partial charge on any atom is 0.311 e. The molecule has 0 saturated carbocycles. The van der Waals surface area contributed by atoms with Gasteiger partial charge >= 0.3 is 5.97 Å². The minimum Gasteiger partial charge on any atom is -0.497 e. The van der Waals surface area contributed by atoms with Gasteiger partial charge in [0.25, 0.3) is 0 Å². The number of carbonyl (C=O) groups is 1. The lowest BCUT2D eigenvalue weighted by Gasteiger charge is -2.13. The quantitative estimate of drug-likeness (QED) is 0.912. The van der Waals surface area contributed by atoms with Crippen molar-refractivity contribution >= 4 is 17.6 Å². The molecular formula is C16H15ClO3. The summed E-state index contributed by atoms with van der Waals surface area (Å²) in [7, 11) is 1.59. The molecule has 0 amide bonds. The predicted molar refractivity (Wildman–Crippen MR) is 78.5 cm³/mol. The first kappa shape index (κ1) is 14.4. The first-order valence-electron chi connectivity index (χ1n) is 6.21. The predicted octanol–water partition coefficient (Wildman–Crippen LogP) is 3.76. The molecule has 0 spiro atoms. The summed E-state index contributed by atoms with van der Waals surface area (Å²) in [6.07, 6.45) is 0.411. The average molecular weight is 291 g/mol. The van der Waals surface area contributed by atoms with Crippen LogP contribution in [0.1, 0.15) is 17.0 Å². The van der Waals surface area contributed by atoms with Gasteiger partial charge in [-0.1, -0.05) is 35.9 Å². The Morgan fingerprint density at radius 3 is 2.55 bits per heavy atom. The van der Waals surface area contributed by atoms with Crippen molar-refractivity contribution in [3.8, 4) is 5.75 Å². The largest absolute Gasteiger partial charge is 0.497 e. The van der Waals surface area contributed by atoms with E-state index in [2.05, 4.69) is 0 Å². The van der Waals surface area contributed by atoms with Crippen LogP contribution in [0.2, 0.25) is 5.02 Å². The Balaban J connectivity index is 2.25. The average Bonchev–Trinajstić information content (AvgIpc) is 2.46. The lowest BCUT2D eigenvalue weighted by molar-refractivity contribution is -0.138. The highest BCUT2D eigenvalue weighted by atomic mass is 35.5. The van der Waals surface area contributed by atoms with Gasteiger partial charge in [0.1, 0.15) is 5.75 Å². The highest BCUT2D eigenvalue weighted by Crippen LogP contribution is 2.24. The van der Waals surface area contributed by atoms with E-state index >= 15 is 0 Å². The molecule has 0 heterocycles. The maximum atomic E-state index is 11.5. The number of carboxylic acid groups (broad SMARTS) is 1. The minimum absolute atomic E-state index is 0.411. The minimum atomic E-state index is -0.852. The molecule has 4 heteroatoms. The summed E-state index contributed by atoms with van der Waals surface area (Å²) in [6, 6.07) is 14.4. The Labute approximate surface area is 122 Å².